The molecule has 35 heavy (non-hydrogen) atoms. The number of nitrogens with zero attached hydrogens (tertiary/aromatic N) is 8. The molecule has 0 aliphatic rings. The summed E-state index contributed by atoms with van der Waals surface area (Å²) in [6.07, 6.45) is 3.40. The van der Waals surface area contributed by atoms with Gasteiger partial charge < -0.3 is 5.32 Å². The second-order valence-electron chi connectivity index (χ2n) is 7.36. The number of carbonyl (C=O) groups is 1. The molecule has 5 rings (SSSR count). The van der Waals surface area contributed by atoms with Gasteiger partial charge in [-0.05, 0) is 59.8 Å². The Morgan fingerprint density at radius 1 is 1.06 bits per heavy atom. The van der Waals surface area contributed by atoms with Crippen LogP contribution in [0, 0.1) is 12.7 Å². The van der Waals surface area contributed by atoms with Gasteiger partial charge in [-0.2, -0.15) is 4.68 Å². The van der Waals surface area contributed by atoms with Crippen LogP contribution in [0.3, 0.4) is 0 Å². The van der Waals surface area contributed by atoms with Crippen molar-refractivity contribution in [3.8, 4) is 22.8 Å². The fraction of sp³-hybridized carbons (Fsp3) is 0.0870. The van der Waals surface area contributed by atoms with Crippen molar-refractivity contribution >= 4 is 23.4 Å². The number of nitrogens with one attached hydrogen (secondary N) is 1. The van der Waals surface area contributed by atoms with Crippen LogP contribution in [-0.2, 0) is 4.79 Å². The standard InChI is InChI=1S/C23H18FN9OS/c1-15-27-30-31-33(15)20-12-17(9-10-19(20)24)26-21(34)14-35-23-29-28-22(16-6-5-11-25-13-16)32(23)18-7-3-2-4-8-18/h2-13H,14H2,1H3,(H,26,34). The molecule has 12 heteroatoms. The summed E-state index contributed by atoms with van der Waals surface area (Å²) in [5, 5.41) is 23.1. The zero-order valence-corrected chi connectivity index (χ0v) is 19.2. The van der Waals surface area contributed by atoms with E-state index in [1.165, 1.54) is 34.6 Å². The number of anilines is 1. The molecule has 0 atom stereocenters. The van der Waals surface area contributed by atoms with Crippen LogP contribution in [0.25, 0.3) is 22.8 Å². The fourth-order valence-electron chi connectivity index (χ4n) is 3.39. The van der Waals surface area contributed by atoms with Gasteiger partial charge in [-0.1, -0.05) is 30.0 Å². The summed E-state index contributed by atoms with van der Waals surface area (Å²) < 4.78 is 17.5. The second kappa shape index (κ2) is 9.81. The molecule has 0 radical (unpaired) electrons. The number of amides is 1. The molecule has 0 saturated heterocycles. The average molecular weight is 488 g/mol. The van der Waals surface area contributed by atoms with E-state index in [1.807, 2.05) is 47.0 Å². The molecule has 0 fully saturated rings. The number of tetrazole rings is 1. The van der Waals surface area contributed by atoms with E-state index in [-0.39, 0.29) is 17.3 Å². The fourth-order valence-corrected chi connectivity index (χ4v) is 4.14. The Hall–Kier alpha value is -4.45. The van der Waals surface area contributed by atoms with Gasteiger partial charge in [0.1, 0.15) is 11.5 Å². The van der Waals surface area contributed by atoms with Gasteiger partial charge in [0, 0.05) is 29.3 Å². The lowest BCUT2D eigenvalue weighted by Crippen LogP contribution is -2.15. The molecule has 5 aromatic rings. The van der Waals surface area contributed by atoms with E-state index in [1.54, 1.807) is 19.3 Å². The topological polar surface area (TPSA) is 116 Å². The number of rotatable bonds is 7. The Labute approximate surface area is 203 Å². The first kappa shape index (κ1) is 22.3. The maximum absolute atomic E-state index is 14.3. The lowest BCUT2D eigenvalue weighted by atomic mass is 10.2. The molecular formula is C23H18FN9OS. The summed E-state index contributed by atoms with van der Waals surface area (Å²) in [5.74, 6) is 0.312. The van der Waals surface area contributed by atoms with Crippen molar-refractivity contribution in [1.29, 1.82) is 0 Å². The quantitative estimate of drug-likeness (QED) is 0.347. The van der Waals surface area contributed by atoms with Gasteiger partial charge in [-0.15, -0.1) is 15.3 Å². The van der Waals surface area contributed by atoms with Gasteiger partial charge in [0.05, 0.1) is 5.75 Å². The highest BCUT2D eigenvalue weighted by molar-refractivity contribution is 7.99. The summed E-state index contributed by atoms with van der Waals surface area (Å²) in [5.41, 5.74) is 2.22. The Bertz CT molecular complexity index is 1470. The maximum atomic E-state index is 14.3. The summed E-state index contributed by atoms with van der Waals surface area (Å²) in [6.45, 7) is 1.66. The van der Waals surface area contributed by atoms with Gasteiger partial charge in [-0.3, -0.25) is 14.3 Å². The largest absolute Gasteiger partial charge is 0.325 e. The lowest BCUT2D eigenvalue weighted by molar-refractivity contribution is -0.113. The molecule has 0 spiro atoms. The summed E-state index contributed by atoms with van der Waals surface area (Å²) in [6, 6.07) is 17.6. The molecule has 1 amide bonds. The van der Waals surface area contributed by atoms with Crippen LogP contribution >= 0.6 is 11.8 Å². The van der Waals surface area contributed by atoms with Crippen molar-refractivity contribution < 1.29 is 9.18 Å². The first-order valence-electron chi connectivity index (χ1n) is 10.5. The summed E-state index contributed by atoms with van der Waals surface area (Å²) in [4.78, 5) is 16.9. The van der Waals surface area contributed by atoms with Crippen LogP contribution in [0.5, 0.6) is 0 Å². The minimum Gasteiger partial charge on any atom is -0.325 e. The van der Waals surface area contributed by atoms with E-state index >= 15 is 0 Å². The van der Waals surface area contributed by atoms with Crippen molar-refractivity contribution in [2.75, 3.05) is 11.1 Å². The second-order valence-corrected chi connectivity index (χ2v) is 8.30. The number of hydrogen-bond donors (Lipinski definition) is 1. The minimum atomic E-state index is -0.508. The first-order valence-corrected chi connectivity index (χ1v) is 11.5. The number of carbonyl (C=O) groups excluding carboxylic acids is 1. The van der Waals surface area contributed by atoms with Gasteiger partial charge >= 0.3 is 0 Å². The van der Waals surface area contributed by atoms with Crippen LogP contribution < -0.4 is 5.32 Å². The molecule has 0 unspecified atom stereocenters. The smallest absolute Gasteiger partial charge is 0.234 e. The number of hydrogen-bond acceptors (Lipinski definition) is 8. The van der Waals surface area contributed by atoms with Crippen LogP contribution in [0.4, 0.5) is 10.1 Å². The third kappa shape index (κ3) is 4.77. The summed E-state index contributed by atoms with van der Waals surface area (Å²) in [7, 11) is 0. The number of aromatic nitrogens is 8. The highest BCUT2D eigenvalue weighted by atomic mass is 32.2. The Kier molecular flexibility index (Phi) is 6.26. The highest BCUT2D eigenvalue weighted by Crippen LogP contribution is 2.28. The predicted molar refractivity (Wildman–Crippen MR) is 128 cm³/mol. The zero-order chi connectivity index (χ0) is 24.2. The molecule has 2 aromatic carbocycles. The monoisotopic (exact) mass is 487 g/mol. The molecular weight excluding hydrogens is 469 g/mol. The van der Waals surface area contributed by atoms with E-state index in [2.05, 4.69) is 36.0 Å². The molecule has 174 valence electrons. The SMILES string of the molecule is Cc1nnnn1-c1cc(NC(=O)CSc2nnc(-c3cccnc3)n2-c2ccccc2)ccc1F. The number of aryl methyl sites for hydroxylation is 1. The number of para-hydroxylation sites is 1. The molecule has 0 bridgehead atoms. The average Bonchev–Trinajstić information content (AvgIpc) is 3.51. The maximum Gasteiger partial charge on any atom is 0.234 e. The van der Waals surface area contributed by atoms with Crippen molar-refractivity contribution in [2.24, 2.45) is 0 Å². The predicted octanol–water partition coefficient (Wildman–Crippen LogP) is 3.48. The van der Waals surface area contributed by atoms with Crippen molar-refractivity contribution in [1.82, 2.24) is 40.0 Å². The van der Waals surface area contributed by atoms with Crippen molar-refractivity contribution in [3.63, 3.8) is 0 Å². The van der Waals surface area contributed by atoms with Gasteiger partial charge in [0.25, 0.3) is 0 Å². The van der Waals surface area contributed by atoms with Gasteiger partial charge in [0.15, 0.2) is 16.8 Å². The number of halogens is 1. The van der Waals surface area contributed by atoms with Crippen LogP contribution in [-0.4, -0.2) is 51.6 Å². The number of pyridine rings is 1. The number of thioether (sulfide) groups is 1. The molecule has 10 nitrogen and oxygen atoms in total. The Morgan fingerprint density at radius 2 is 1.91 bits per heavy atom. The van der Waals surface area contributed by atoms with Crippen molar-refractivity contribution in [2.45, 2.75) is 12.1 Å². The zero-order valence-electron chi connectivity index (χ0n) is 18.4. The summed E-state index contributed by atoms with van der Waals surface area (Å²) >= 11 is 1.24. The molecule has 3 aromatic heterocycles. The first-order chi connectivity index (χ1) is 17.1. The van der Waals surface area contributed by atoms with Gasteiger partial charge in [-0.25, -0.2) is 4.39 Å². The Balaban J connectivity index is 1.35. The lowest BCUT2D eigenvalue weighted by Gasteiger charge is -2.11. The van der Waals surface area contributed by atoms with Crippen molar-refractivity contribution in [3.05, 3.63) is 84.7 Å². The van der Waals surface area contributed by atoms with E-state index in [0.29, 0.717) is 22.5 Å². The Morgan fingerprint density at radius 3 is 2.66 bits per heavy atom. The minimum absolute atomic E-state index is 0.0641. The van der Waals surface area contributed by atoms with E-state index in [9.17, 15) is 9.18 Å². The molecule has 0 saturated carbocycles. The highest BCUT2D eigenvalue weighted by Gasteiger charge is 2.18. The van der Waals surface area contributed by atoms with Crippen LogP contribution in [0.15, 0.2) is 78.2 Å². The van der Waals surface area contributed by atoms with E-state index in [4.69, 9.17) is 0 Å². The van der Waals surface area contributed by atoms with Crippen LogP contribution in [0.1, 0.15) is 5.82 Å². The third-order valence-corrected chi connectivity index (χ3v) is 5.91. The third-order valence-electron chi connectivity index (χ3n) is 4.98. The molecule has 3 heterocycles. The van der Waals surface area contributed by atoms with E-state index in [0.717, 1.165) is 11.3 Å². The van der Waals surface area contributed by atoms with Gasteiger partial charge in [0.2, 0.25) is 5.91 Å². The molecule has 0 aliphatic carbocycles. The molecule has 0 aliphatic heterocycles. The normalized spacial score (nSPS) is 10.9. The van der Waals surface area contributed by atoms with Crippen LogP contribution in [0.2, 0.25) is 0 Å². The number of benzene rings is 2. The molecule has 1 N–H and O–H groups in total. The van der Waals surface area contributed by atoms with E-state index < -0.39 is 5.82 Å².